The number of hydrogen-bond acceptors (Lipinski definition) is 4. The van der Waals surface area contributed by atoms with Crippen molar-refractivity contribution in [2.75, 3.05) is 18.4 Å². The van der Waals surface area contributed by atoms with E-state index in [1.54, 1.807) is 23.4 Å². The lowest BCUT2D eigenvalue weighted by Gasteiger charge is -2.31. The van der Waals surface area contributed by atoms with Crippen LogP contribution in [0.25, 0.3) is 11.3 Å². The number of aryl methyl sites for hydroxylation is 1. The molecule has 1 saturated heterocycles. The van der Waals surface area contributed by atoms with Gasteiger partial charge in [-0.1, -0.05) is 19.1 Å². The number of carbonyl (C=O) groups is 2. The van der Waals surface area contributed by atoms with Crippen LogP contribution in [-0.4, -0.2) is 45.0 Å². The molecule has 0 bridgehead atoms. The lowest BCUT2D eigenvalue weighted by molar-refractivity contribution is -0.121. The number of pyridine rings is 1. The fourth-order valence-electron chi connectivity index (χ4n) is 3.71. The lowest BCUT2D eigenvalue weighted by atomic mass is 9.96. The molecule has 2 aromatic heterocycles. The third kappa shape index (κ3) is 4.40. The van der Waals surface area contributed by atoms with Crippen LogP contribution >= 0.6 is 0 Å². The zero-order valence-electron chi connectivity index (χ0n) is 17.0. The van der Waals surface area contributed by atoms with Gasteiger partial charge >= 0.3 is 0 Å². The maximum absolute atomic E-state index is 12.9. The fourth-order valence-corrected chi connectivity index (χ4v) is 3.71. The predicted octanol–water partition coefficient (Wildman–Crippen LogP) is 3.53. The van der Waals surface area contributed by atoms with Crippen LogP contribution in [0.15, 0.2) is 54.9 Å². The van der Waals surface area contributed by atoms with E-state index in [-0.39, 0.29) is 17.7 Å². The summed E-state index contributed by atoms with van der Waals surface area (Å²) in [6.45, 7) is 3.13. The van der Waals surface area contributed by atoms with Gasteiger partial charge in [0, 0.05) is 36.7 Å². The quantitative estimate of drug-likeness (QED) is 0.682. The van der Waals surface area contributed by atoms with E-state index < -0.39 is 0 Å². The molecule has 1 aliphatic rings. The molecule has 0 radical (unpaired) electrons. The number of H-pyrrole nitrogens is 1. The van der Waals surface area contributed by atoms with E-state index >= 15 is 0 Å². The number of benzene rings is 1. The number of rotatable bonds is 5. The van der Waals surface area contributed by atoms with Gasteiger partial charge in [0.1, 0.15) is 5.69 Å². The van der Waals surface area contributed by atoms with Crippen molar-refractivity contribution in [1.82, 2.24) is 20.1 Å². The van der Waals surface area contributed by atoms with Crippen LogP contribution in [0.1, 0.15) is 35.8 Å². The molecule has 1 aliphatic heterocycles. The molecule has 0 unspecified atom stereocenters. The van der Waals surface area contributed by atoms with Gasteiger partial charge in [-0.3, -0.25) is 19.7 Å². The summed E-state index contributed by atoms with van der Waals surface area (Å²) >= 11 is 0. The molecule has 0 aliphatic carbocycles. The second-order valence-corrected chi connectivity index (χ2v) is 7.54. The van der Waals surface area contributed by atoms with Crippen LogP contribution in [0.3, 0.4) is 0 Å². The monoisotopic (exact) mass is 403 g/mol. The first-order valence-electron chi connectivity index (χ1n) is 10.3. The number of likely N-dealkylation sites (tertiary alicyclic amines) is 1. The summed E-state index contributed by atoms with van der Waals surface area (Å²) in [5.74, 6) is -0.408. The number of carbonyl (C=O) groups excluding carboxylic acids is 2. The van der Waals surface area contributed by atoms with Crippen LogP contribution in [-0.2, 0) is 11.2 Å². The molecule has 154 valence electrons. The third-order valence-electron chi connectivity index (χ3n) is 5.47. The van der Waals surface area contributed by atoms with Crippen molar-refractivity contribution in [2.24, 2.45) is 5.92 Å². The molecular formula is C23H25N5O2. The van der Waals surface area contributed by atoms with Crippen molar-refractivity contribution in [3.8, 4) is 11.3 Å². The largest absolute Gasteiger partial charge is 0.337 e. The van der Waals surface area contributed by atoms with Crippen molar-refractivity contribution < 1.29 is 9.59 Å². The predicted molar refractivity (Wildman–Crippen MR) is 115 cm³/mol. The maximum Gasteiger partial charge on any atom is 0.271 e. The average molecular weight is 403 g/mol. The van der Waals surface area contributed by atoms with E-state index in [2.05, 4.69) is 27.4 Å². The number of nitrogens with one attached hydrogen (secondary N) is 2. The summed E-state index contributed by atoms with van der Waals surface area (Å²) < 4.78 is 0. The zero-order valence-corrected chi connectivity index (χ0v) is 17.0. The Kier molecular flexibility index (Phi) is 5.88. The van der Waals surface area contributed by atoms with E-state index in [9.17, 15) is 9.59 Å². The van der Waals surface area contributed by atoms with Gasteiger partial charge in [0.15, 0.2) is 0 Å². The van der Waals surface area contributed by atoms with E-state index in [1.165, 1.54) is 5.56 Å². The van der Waals surface area contributed by atoms with Gasteiger partial charge in [-0.15, -0.1) is 0 Å². The van der Waals surface area contributed by atoms with Crippen molar-refractivity contribution in [2.45, 2.75) is 26.2 Å². The first-order chi connectivity index (χ1) is 14.6. The summed E-state index contributed by atoms with van der Waals surface area (Å²) in [5.41, 5.74) is 3.96. The number of nitrogens with zero attached hydrogens (tertiary/aromatic N) is 3. The summed E-state index contributed by atoms with van der Waals surface area (Å²) in [7, 11) is 0. The van der Waals surface area contributed by atoms with E-state index in [4.69, 9.17) is 0 Å². The van der Waals surface area contributed by atoms with Crippen LogP contribution in [0.2, 0.25) is 0 Å². The summed E-state index contributed by atoms with van der Waals surface area (Å²) in [5, 5.41) is 10.0. The topological polar surface area (TPSA) is 91.0 Å². The Morgan fingerprint density at radius 1 is 1.23 bits per heavy atom. The van der Waals surface area contributed by atoms with Crippen LogP contribution in [0.5, 0.6) is 0 Å². The molecule has 1 aromatic carbocycles. The highest BCUT2D eigenvalue weighted by molar-refractivity contribution is 5.95. The van der Waals surface area contributed by atoms with Crippen molar-refractivity contribution in [1.29, 1.82) is 0 Å². The van der Waals surface area contributed by atoms with E-state index in [1.807, 2.05) is 36.4 Å². The molecule has 1 fully saturated rings. The second kappa shape index (κ2) is 8.90. The van der Waals surface area contributed by atoms with Gasteiger partial charge in [0.2, 0.25) is 5.91 Å². The molecule has 2 N–H and O–H groups in total. The zero-order chi connectivity index (χ0) is 20.9. The van der Waals surface area contributed by atoms with Crippen molar-refractivity contribution in [3.63, 3.8) is 0 Å². The lowest BCUT2D eigenvalue weighted by Crippen LogP contribution is -2.43. The number of aromatic nitrogens is 3. The average Bonchev–Trinajstić information content (AvgIpc) is 3.30. The molecule has 30 heavy (non-hydrogen) atoms. The first kappa shape index (κ1) is 19.8. The van der Waals surface area contributed by atoms with Gasteiger partial charge < -0.3 is 10.2 Å². The molecule has 2 amide bonds. The highest BCUT2D eigenvalue weighted by atomic mass is 16.2. The Morgan fingerprint density at radius 3 is 2.80 bits per heavy atom. The Labute approximate surface area is 175 Å². The standard InChI is InChI=1S/C23H25N5O2/c1-2-16-7-9-19(10-8-16)25-22(29)18-6-4-12-28(15-18)23(30)21-13-20(26-27-21)17-5-3-11-24-14-17/h3,5,7-11,13-14,18H,2,4,6,12,15H2,1H3,(H,25,29)(H,26,27)/t18-/m1/s1. The van der Waals surface area contributed by atoms with Gasteiger partial charge in [0.05, 0.1) is 11.6 Å². The third-order valence-corrected chi connectivity index (χ3v) is 5.47. The first-order valence-corrected chi connectivity index (χ1v) is 10.3. The molecule has 4 rings (SSSR count). The van der Waals surface area contributed by atoms with Gasteiger partial charge in [0.25, 0.3) is 5.91 Å². The normalized spacial score (nSPS) is 16.3. The molecular weight excluding hydrogens is 378 g/mol. The summed E-state index contributed by atoms with van der Waals surface area (Å²) in [6.07, 6.45) is 5.93. The Morgan fingerprint density at radius 2 is 2.07 bits per heavy atom. The summed E-state index contributed by atoms with van der Waals surface area (Å²) in [4.78, 5) is 31.5. The number of piperidine rings is 1. The Hall–Kier alpha value is -3.48. The van der Waals surface area contributed by atoms with Gasteiger partial charge in [-0.05, 0) is 55.2 Å². The second-order valence-electron chi connectivity index (χ2n) is 7.54. The number of amides is 2. The molecule has 1 atom stereocenters. The molecule has 7 heteroatoms. The highest BCUT2D eigenvalue weighted by Gasteiger charge is 2.29. The van der Waals surface area contributed by atoms with E-state index in [0.29, 0.717) is 24.5 Å². The van der Waals surface area contributed by atoms with Crippen LogP contribution in [0, 0.1) is 5.92 Å². The number of aromatic amines is 1. The molecule has 7 nitrogen and oxygen atoms in total. The molecule has 0 saturated carbocycles. The van der Waals surface area contributed by atoms with Crippen LogP contribution in [0.4, 0.5) is 5.69 Å². The SMILES string of the molecule is CCc1ccc(NC(=O)[C@@H]2CCCN(C(=O)c3cc(-c4cccnc4)n[nH]3)C2)cc1. The Bertz CT molecular complexity index is 1010. The molecule has 3 aromatic rings. The minimum atomic E-state index is -0.228. The Balaban J connectivity index is 1.40. The molecule has 3 heterocycles. The minimum Gasteiger partial charge on any atom is -0.337 e. The summed E-state index contributed by atoms with van der Waals surface area (Å²) in [6, 6.07) is 13.3. The van der Waals surface area contributed by atoms with Gasteiger partial charge in [-0.2, -0.15) is 5.10 Å². The van der Waals surface area contributed by atoms with E-state index in [0.717, 1.165) is 30.5 Å². The molecule has 0 spiro atoms. The fraction of sp³-hybridized carbons (Fsp3) is 0.304. The number of anilines is 1. The minimum absolute atomic E-state index is 0.0441. The van der Waals surface area contributed by atoms with Crippen LogP contribution < -0.4 is 5.32 Å². The smallest absolute Gasteiger partial charge is 0.271 e. The van der Waals surface area contributed by atoms with Gasteiger partial charge in [-0.25, -0.2) is 0 Å². The number of hydrogen-bond donors (Lipinski definition) is 2. The van der Waals surface area contributed by atoms with Crippen molar-refractivity contribution in [3.05, 3.63) is 66.1 Å². The van der Waals surface area contributed by atoms with Crippen molar-refractivity contribution >= 4 is 17.5 Å². The highest BCUT2D eigenvalue weighted by Crippen LogP contribution is 2.22. The maximum atomic E-state index is 12.9.